The van der Waals surface area contributed by atoms with Crippen molar-refractivity contribution in [2.24, 2.45) is 5.92 Å². The lowest BCUT2D eigenvalue weighted by atomic mass is 9.97. The van der Waals surface area contributed by atoms with Crippen molar-refractivity contribution >= 4 is 5.97 Å². The molecule has 0 saturated carbocycles. The van der Waals surface area contributed by atoms with E-state index >= 15 is 0 Å². The topological polar surface area (TPSA) is 53.3 Å². The zero-order chi connectivity index (χ0) is 22.6. The van der Waals surface area contributed by atoms with Gasteiger partial charge in [-0.2, -0.15) is 27.1 Å². The number of alkyl halides is 5. The van der Waals surface area contributed by atoms with Crippen LogP contribution < -0.4 is 4.74 Å². The maximum Gasteiger partial charge on any atom is 0.391 e. The zero-order valence-electron chi connectivity index (χ0n) is 17.0. The Balaban J connectivity index is 2.56. The van der Waals surface area contributed by atoms with Crippen LogP contribution >= 0.6 is 0 Å². The Bertz CT molecular complexity index is 893. The monoisotopic (exact) mass is 434 g/mol. The lowest BCUT2D eigenvalue weighted by Gasteiger charge is -2.18. The van der Waals surface area contributed by atoms with Crippen molar-refractivity contribution in [2.45, 2.75) is 53.4 Å². The number of esters is 1. The van der Waals surface area contributed by atoms with Crippen LogP contribution in [0, 0.1) is 12.8 Å². The summed E-state index contributed by atoms with van der Waals surface area (Å²) in [5.41, 5.74) is 1.18. The summed E-state index contributed by atoms with van der Waals surface area (Å²) < 4.78 is 75.7. The van der Waals surface area contributed by atoms with Crippen LogP contribution in [0.15, 0.2) is 18.2 Å². The van der Waals surface area contributed by atoms with Crippen molar-refractivity contribution < 1.29 is 36.2 Å². The average Bonchev–Trinajstić information content (AvgIpc) is 2.97. The van der Waals surface area contributed by atoms with E-state index in [-0.39, 0.29) is 35.6 Å². The number of rotatable bonds is 8. The highest BCUT2D eigenvalue weighted by Crippen LogP contribution is 2.37. The minimum Gasteiger partial charge on any atom is -0.461 e. The molecule has 0 fully saturated rings. The maximum absolute atomic E-state index is 13.0. The molecule has 0 radical (unpaired) electrons. The standard InChI is InChI=1S/C20H23F5N2O3/c1-5-27-17(12(4)16(26-27)18(28)29-6-2)14-8-7-13(9-11(3)20(23,24)25)10-15(14)30-19(21)22/h7-8,10-11,19H,5-6,9H2,1-4H3/t11-/m0/s1. The molecular formula is C20H23F5N2O3. The summed E-state index contributed by atoms with van der Waals surface area (Å²) in [5.74, 6) is -2.60. The van der Waals surface area contributed by atoms with Gasteiger partial charge in [-0.1, -0.05) is 13.0 Å². The van der Waals surface area contributed by atoms with E-state index in [0.717, 1.165) is 6.92 Å². The summed E-state index contributed by atoms with van der Waals surface area (Å²) in [5, 5.41) is 4.20. The van der Waals surface area contributed by atoms with E-state index in [2.05, 4.69) is 9.84 Å². The van der Waals surface area contributed by atoms with Crippen molar-refractivity contribution in [1.82, 2.24) is 9.78 Å². The van der Waals surface area contributed by atoms with Crippen LogP contribution in [0.4, 0.5) is 22.0 Å². The number of aryl methyl sites for hydroxylation is 1. The van der Waals surface area contributed by atoms with Gasteiger partial charge in [0.05, 0.1) is 18.2 Å². The van der Waals surface area contributed by atoms with Gasteiger partial charge in [0.1, 0.15) is 5.75 Å². The molecule has 0 saturated heterocycles. The molecular weight excluding hydrogens is 411 g/mol. The highest BCUT2D eigenvalue weighted by molar-refractivity contribution is 5.91. The molecule has 166 valence electrons. The van der Waals surface area contributed by atoms with E-state index in [4.69, 9.17) is 4.74 Å². The summed E-state index contributed by atoms with van der Waals surface area (Å²) >= 11 is 0. The number of benzene rings is 1. The quantitative estimate of drug-likeness (QED) is 0.413. The average molecular weight is 434 g/mol. The molecule has 0 amide bonds. The van der Waals surface area contributed by atoms with Gasteiger partial charge >= 0.3 is 18.8 Å². The second-order valence-electron chi connectivity index (χ2n) is 6.71. The number of hydrogen-bond acceptors (Lipinski definition) is 4. The minimum absolute atomic E-state index is 0.0338. The highest BCUT2D eigenvalue weighted by Gasteiger charge is 2.36. The van der Waals surface area contributed by atoms with Gasteiger partial charge in [-0.05, 0) is 44.9 Å². The fraction of sp³-hybridized carbons (Fsp3) is 0.500. The van der Waals surface area contributed by atoms with Gasteiger partial charge < -0.3 is 9.47 Å². The number of carbonyl (C=O) groups is 1. The smallest absolute Gasteiger partial charge is 0.391 e. The molecule has 5 nitrogen and oxygen atoms in total. The SMILES string of the molecule is CCOC(=O)c1nn(CC)c(-c2ccc(C[C@H](C)C(F)(F)F)cc2OC(F)F)c1C. The molecule has 1 aromatic carbocycles. The Morgan fingerprint density at radius 2 is 1.90 bits per heavy atom. The number of hydrogen-bond donors (Lipinski definition) is 0. The molecule has 2 aromatic rings. The summed E-state index contributed by atoms with van der Waals surface area (Å²) in [7, 11) is 0. The van der Waals surface area contributed by atoms with Gasteiger partial charge in [-0.25, -0.2) is 4.79 Å². The Labute approximate surface area is 170 Å². The number of halogens is 5. The first-order valence-electron chi connectivity index (χ1n) is 9.38. The van der Waals surface area contributed by atoms with Crippen LogP contribution in [0.2, 0.25) is 0 Å². The molecule has 0 bridgehead atoms. The molecule has 1 aromatic heterocycles. The third-order valence-corrected chi connectivity index (χ3v) is 4.58. The first-order chi connectivity index (χ1) is 14.0. The van der Waals surface area contributed by atoms with E-state index in [1.54, 1.807) is 20.8 Å². The fourth-order valence-electron chi connectivity index (χ4n) is 3.07. The Kier molecular flexibility index (Phi) is 7.44. The largest absolute Gasteiger partial charge is 0.461 e. The van der Waals surface area contributed by atoms with Crippen LogP contribution in [0.25, 0.3) is 11.3 Å². The van der Waals surface area contributed by atoms with Crippen LogP contribution in [0.3, 0.4) is 0 Å². The van der Waals surface area contributed by atoms with Gasteiger partial charge in [-0.15, -0.1) is 0 Å². The molecule has 0 unspecified atom stereocenters. The normalized spacial score (nSPS) is 12.9. The van der Waals surface area contributed by atoms with E-state index in [9.17, 15) is 26.7 Å². The summed E-state index contributed by atoms with van der Waals surface area (Å²) in [4.78, 5) is 12.2. The lowest BCUT2D eigenvalue weighted by molar-refractivity contribution is -0.169. The third-order valence-electron chi connectivity index (χ3n) is 4.58. The third kappa shape index (κ3) is 5.28. The predicted molar refractivity (Wildman–Crippen MR) is 99.6 cm³/mol. The van der Waals surface area contributed by atoms with Crippen LogP contribution in [-0.4, -0.2) is 35.1 Å². The summed E-state index contributed by atoms with van der Waals surface area (Å²) in [6.45, 7) is 3.27. The van der Waals surface area contributed by atoms with Crippen molar-refractivity contribution in [3.63, 3.8) is 0 Å². The fourth-order valence-corrected chi connectivity index (χ4v) is 3.07. The molecule has 0 aliphatic heterocycles. The molecule has 0 aliphatic carbocycles. The number of nitrogens with zero attached hydrogens (tertiary/aromatic N) is 2. The molecule has 0 aliphatic rings. The van der Waals surface area contributed by atoms with Gasteiger partial charge in [0.2, 0.25) is 0 Å². The van der Waals surface area contributed by atoms with Gasteiger partial charge in [0.15, 0.2) is 5.69 Å². The van der Waals surface area contributed by atoms with E-state index in [1.807, 2.05) is 0 Å². The van der Waals surface area contributed by atoms with Gasteiger partial charge in [-0.3, -0.25) is 4.68 Å². The van der Waals surface area contributed by atoms with Crippen LogP contribution in [-0.2, 0) is 17.7 Å². The predicted octanol–water partition coefficient (Wildman–Crippen LogP) is 5.40. The van der Waals surface area contributed by atoms with Gasteiger partial charge in [0.25, 0.3) is 0 Å². The van der Waals surface area contributed by atoms with Crippen LogP contribution in [0.1, 0.15) is 42.4 Å². The lowest BCUT2D eigenvalue weighted by Crippen LogP contribution is -2.21. The Hall–Kier alpha value is -2.65. The second-order valence-corrected chi connectivity index (χ2v) is 6.71. The Morgan fingerprint density at radius 3 is 2.43 bits per heavy atom. The number of aromatic nitrogens is 2. The molecule has 2 rings (SSSR count). The van der Waals surface area contributed by atoms with Crippen molar-refractivity contribution in [2.75, 3.05) is 6.61 Å². The summed E-state index contributed by atoms with van der Waals surface area (Å²) in [6, 6.07) is 3.99. The molecule has 0 spiro atoms. The zero-order valence-corrected chi connectivity index (χ0v) is 17.0. The van der Waals surface area contributed by atoms with Crippen molar-refractivity contribution in [1.29, 1.82) is 0 Å². The van der Waals surface area contributed by atoms with Gasteiger partial charge in [0, 0.05) is 17.7 Å². The van der Waals surface area contributed by atoms with Crippen LogP contribution in [0.5, 0.6) is 5.75 Å². The molecule has 30 heavy (non-hydrogen) atoms. The van der Waals surface area contributed by atoms with E-state index in [1.165, 1.54) is 22.9 Å². The van der Waals surface area contributed by atoms with Crippen molar-refractivity contribution in [3.8, 4) is 17.0 Å². The highest BCUT2D eigenvalue weighted by atomic mass is 19.4. The summed E-state index contributed by atoms with van der Waals surface area (Å²) in [6.07, 6.45) is -4.79. The second kappa shape index (κ2) is 9.44. The van der Waals surface area contributed by atoms with E-state index in [0.29, 0.717) is 17.8 Å². The van der Waals surface area contributed by atoms with Crippen molar-refractivity contribution in [3.05, 3.63) is 35.0 Å². The molecule has 0 N–H and O–H groups in total. The molecule has 10 heteroatoms. The van der Waals surface area contributed by atoms with E-state index < -0.39 is 24.7 Å². The first-order valence-corrected chi connectivity index (χ1v) is 9.38. The number of carbonyl (C=O) groups excluding carboxylic acids is 1. The number of ether oxygens (including phenoxy) is 2. The Morgan fingerprint density at radius 1 is 1.23 bits per heavy atom. The maximum atomic E-state index is 13.0. The molecule has 1 heterocycles. The first kappa shape index (κ1) is 23.6. The minimum atomic E-state index is -4.41. The molecule has 1 atom stereocenters.